The smallest absolute Gasteiger partial charge is 0.498 e. The molecule has 0 aliphatic rings. The number of hydrogen-bond donors (Lipinski definition) is 0. The van der Waals surface area contributed by atoms with Crippen LogP contribution in [-0.4, -0.2) is 23.7 Å². The maximum Gasteiger partial charge on any atom is 0.655 e. The summed E-state index contributed by atoms with van der Waals surface area (Å²) in [4.78, 5) is 0. The Bertz CT molecular complexity index is 498. The molecule has 0 N–H and O–H groups in total. The number of para-hydroxylation sites is 1. The molecule has 3 nitrogen and oxygen atoms in total. The Kier molecular flexibility index (Phi) is 5.15. The third-order valence-electron chi connectivity index (χ3n) is 2.74. The Hall–Kier alpha value is -1.62. The molecule has 0 aromatic heterocycles. The average Bonchev–Trinajstić information content (AvgIpc) is 2.47. The third-order valence-corrected chi connectivity index (χ3v) is 3.79. The van der Waals surface area contributed by atoms with Gasteiger partial charge in [-0.3, -0.25) is 0 Å². The summed E-state index contributed by atoms with van der Waals surface area (Å²) >= 11 is 0. The van der Waals surface area contributed by atoms with Gasteiger partial charge in [-0.1, -0.05) is 48.5 Å². The predicted octanol–water partition coefficient (Wildman–Crippen LogP) is 2.93. The molecule has 99 valence electrons. The van der Waals surface area contributed by atoms with Crippen LogP contribution in [0.2, 0.25) is 0 Å². The highest BCUT2D eigenvalue weighted by atomic mass is 28.3. The molecule has 0 bridgehead atoms. The van der Waals surface area contributed by atoms with Gasteiger partial charge in [0.15, 0.2) is 0 Å². The molecule has 1 radical (unpaired) electrons. The van der Waals surface area contributed by atoms with E-state index in [9.17, 15) is 0 Å². The van der Waals surface area contributed by atoms with Crippen molar-refractivity contribution in [2.75, 3.05) is 14.2 Å². The zero-order valence-corrected chi connectivity index (χ0v) is 12.1. The Morgan fingerprint density at radius 1 is 0.842 bits per heavy atom. The van der Waals surface area contributed by atoms with Crippen molar-refractivity contribution >= 4 is 9.53 Å². The maximum atomic E-state index is 5.77. The molecule has 19 heavy (non-hydrogen) atoms. The summed E-state index contributed by atoms with van der Waals surface area (Å²) in [7, 11) is 1.50. The summed E-state index contributed by atoms with van der Waals surface area (Å²) in [5, 5.41) is 0. The van der Waals surface area contributed by atoms with Gasteiger partial charge in [-0.2, -0.15) is 0 Å². The quantitative estimate of drug-likeness (QED) is 0.757. The standard InChI is InChI=1S/C15H17O3Si/c1-16-19(17-2)18-15-11-7-6-10-14(15)12-13-8-4-3-5-9-13/h3-11H,12H2,1-2H3. The Balaban J connectivity index is 2.16. The molecule has 0 unspecified atom stereocenters. The third kappa shape index (κ3) is 3.92. The highest BCUT2D eigenvalue weighted by molar-refractivity contribution is 6.37. The molecule has 0 aliphatic heterocycles. The fraction of sp³-hybridized carbons (Fsp3) is 0.200. The van der Waals surface area contributed by atoms with Crippen molar-refractivity contribution in [1.29, 1.82) is 0 Å². The first-order valence-electron chi connectivity index (χ1n) is 6.08. The van der Waals surface area contributed by atoms with Crippen molar-refractivity contribution in [2.24, 2.45) is 0 Å². The number of benzene rings is 2. The van der Waals surface area contributed by atoms with Crippen LogP contribution in [0.3, 0.4) is 0 Å². The molecule has 2 aromatic carbocycles. The van der Waals surface area contributed by atoms with E-state index in [0.29, 0.717) is 0 Å². The summed E-state index contributed by atoms with van der Waals surface area (Å²) in [5.74, 6) is 0.823. The van der Waals surface area contributed by atoms with Crippen molar-refractivity contribution in [3.05, 3.63) is 65.7 Å². The highest BCUT2D eigenvalue weighted by Crippen LogP contribution is 2.22. The lowest BCUT2D eigenvalue weighted by atomic mass is 10.0. The minimum atomic E-state index is -1.69. The van der Waals surface area contributed by atoms with E-state index >= 15 is 0 Å². The lowest BCUT2D eigenvalue weighted by Gasteiger charge is -2.14. The topological polar surface area (TPSA) is 27.7 Å². The molecule has 0 spiro atoms. The first-order chi connectivity index (χ1) is 9.33. The first-order valence-corrected chi connectivity index (χ1v) is 7.30. The predicted molar refractivity (Wildman–Crippen MR) is 76.1 cm³/mol. The Morgan fingerprint density at radius 3 is 2.16 bits per heavy atom. The van der Waals surface area contributed by atoms with Crippen LogP contribution < -0.4 is 4.43 Å². The second-order valence-corrected chi connectivity index (χ2v) is 5.55. The van der Waals surface area contributed by atoms with Gasteiger partial charge in [0.25, 0.3) is 0 Å². The minimum absolute atomic E-state index is 0.823. The van der Waals surface area contributed by atoms with E-state index in [-0.39, 0.29) is 0 Å². The van der Waals surface area contributed by atoms with Gasteiger partial charge in [-0.05, 0) is 17.2 Å². The van der Waals surface area contributed by atoms with Crippen molar-refractivity contribution < 1.29 is 13.3 Å². The molecule has 4 heteroatoms. The second kappa shape index (κ2) is 7.09. The van der Waals surface area contributed by atoms with Crippen molar-refractivity contribution in [2.45, 2.75) is 6.42 Å². The molecule has 2 aromatic rings. The summed E-state index contributed by atoms with van der Waals surface area (Å²) in [6, 6.07) is 18.3. The summed E-state index contributed by atoms with van der Waals surface area (Å²) in [6.45, 7) is 0. The second-order valence-electron chi connectivity index (χ2n) is 4.03. The van der Waals surface area contributed by atoms with Gasteiger partial charge in [-0.15, -0.1) is 0 Å². The van der Waals surface area contributed by atoms with Gasteiger partial charge >= 0.3 is 9.53 Å². The average molecular weight is 273 g/mol. The Labute approximate surface area is 115 Å². The van der Waals surface area contributed by atoms with Gasteiger partial charge in [-0.25, -0.2) is 0 Å². The number of rotatable bonds is 6. The molecule has 0 saturated carbocycles. The molecule has 0 amide bonds. The monoisotopic (exact) mass is 273 g/mol. The van der Waals surface area contributed by atoms with E-state index in [4.69, 9.17) is 13.3 Å². The lowest BCUT2D eigenvalue weighted by Crippen LogP contribution is -2.27. The van der Waals surface area contributed by atoms with Crippen LogP contribution in [0.25, 0.3) is 0 Å². The van der Waals surface area contributed by atoms with E-state index in [1.165, 1.54) is 5.56 Å². The van der Waals surface area contributed by atoms with Crippen molar-refractivity contribution in [3.63, 3.8) is 0 Å². The van der Waals surface area contributed by atoms with Gasteiger partial charge in [0.2, 0.25) is 0 Å². The molecule has 0 saturated heterocycles. The largest absolute Gasteiger partial charge is 0.655 e. The van der Waals surface area contributed by atoms with E-state index in [1.54, 1.807) is 14.2 Å². The summed E-state index contributed by atoms with van der Waals surface area (Å²) in [5.41, 5.74) is 2.38. The van der Waals surface area contributed by atoms with E-state index in [2.05, 4.69) is 18.2 Å². The van der Waals surface area contributed by atoms with Gasteiger partial charge < -0.3 is 13.3 Å². The highest BCUT2D eigenvalue weighted by Gasteiger charge is 2.19. The molecule has 0 fully saturated rings. The zero-order valence-electron chi connectivity index (χ0n) is 11.1. The first kappa shape index (κ1) is 13.8. The van der Waals surface area contributed by atoms with Crippen LogP contribution in [0, 0.1) is 0 Å². The number of hydrogen-bond acceptors (Lipinski definition) is 3. The Morgan fingerprint density at radius 2 is 1.47 bits per heavy atom. The molecular weight excluding hydrogens is 256 g/mol. The van der Waals surface area contributed by atoms with Crippen LogP contribution >= 0.6 is 0 Å². The van der Waals surface area contributed by atoms with E-state index in [1.807, 2.05) is 36.4 Å². The van der Waals surface area contributed by atoms with Gasteiger partial charge in [0, 0.05) is 20.6 Å². The van der Waals surface area contributed by atoms with Crippen LogP contribution in [0.5, 0.6) is 5.75 Å². The zero-order chi connectivity index (χ0) is 13.5. The lowest BCUT2D eigenvalue weighted by molar-refractivity contribution is 0.201. The summed E-state index contributed by atoms with van der Waals surface area (Å²) < 4.78 is 16.1. The minimum Gasteiger partial charge on any atom is -0.498 e. The van der Waals surface area contributed by atoms with Crippen LogP contribution in [0.4, 0.5) is 0 Å². The van der Waals surface area contributed by atoms with E-state index < -0.39 is 9.53 Å². The van der Waals surface area contributed by atoms with Crippen molar-refractivity contribution in [1.82, 2.24) is 0 Å². The van der Waals surface area contributed by atoms with Gasteiger partial charge in [0.05, 0.1) is 0 Å². The molecule has 0 atom stereocenters. The van der Waals surface area contributed by atoms with Crippen LogP contribution in [0.1, 0.15) is 11.1 Å². The normalized spacial score (nSPS) is 10.7. The SMILES string of the molecule is CO[Si](OC)Oc1ccccc1Cc1ccccc1. The summed E-state index contributed by atoms with van der Waals surface area (Å²) in [6.07, 6.45) is 0.833. The molecular formula is C15H17O3Si. The fourth-order valence-electron chi connectivity index (χ4n) is 1.82. The van der Waals surface area contributed by atoms with Crippen LogP contribution in [-0.2, 0) is 15.3 Å². The molecule has 0 heterocycles. The molecule has 2 rings (SSSR count). The molecule has 0 aliphatic carbocycles. The van der Waals surface area contributed by atoms with Crippen molar-refractivity contribution in [3.8, 4) is 5.75 Å². The van der Waals surface area contributed by atoms with E-state index in [0.717, 1.165) is 17.7 Å². The fourth-order valence-corrected chi connectivity index (χ4v) is 2.53. The van der Waals surface area contributed by atoms with Gasteiger partial charge in [0.1, 0.15) is 5.75 Å². The maximum absolute atomic E-state index is 5.77. The van der Waals surface area contributed by atoms with Crippen LogP contribution in [0.15, 0.2) is 54.6 Å².